The van der Waals surface area contributed by atoms with Gasteiger partial charge in [-0.3, -0.25) is 4.99 Å². The van der Waals surface area contributed by atoms with Crippen molar-refractivity contribution >= 4 is 31.1 Å². The molecule has 13 heavy (non-hydrogen) atoms. The van der Waals surface area contributed by atoms with Crippen LogP contribution in [0.4, 0.5) is 5.69 Å². The zero-order valence-corrected chi connectivity index (χ0v) is 8.22. The molecule has 0 aliphatic rings. The van der Waals surface area contributed by atoms with Crippen molar-refractivity contribution in [1.29, 1.82) is 0 Å². The molecule has 0 saturated heterocycles. The molecule has 0 spiro atoms. The molecule has 3 heteroatoms. The molecule has 0 saturated carbocycles. The van der Waals surface area contributed by atoms with Crippen molar-refractivity contribution < 1.29 is 0 Å². The highest BCUT2D eigenvalue weighted by Gasteiger charge is 2.05. The Morgan fingerprint density at radius 3 is 2.69 bits per heavy atom. The first-order valence-corrected chi connectivity index (χ1v) is 4.33. The van der Waals surface area contributed by atoms with Crippen LogP contribution in [-0.2, 0) is 6.54 Å². The highest BCUT2D eigenvalue weighted by Crippen LogP contribution is 2.31. The van der Waals surface area contributed by atoms with Crippen LogP contribution in [0.5, 0.6) is 0 Å². The number of hydrogen-bond acceptors (Lipinski definition) is 3. The van der Waals surface area contributed by atoms with E-state index in [0.717, 1.165) is 21.7 Å². The molecule has 0 aromatic heterocycles. The SMILES string of the molecule is C=Cc1ccc(CN)c(S)c1N=C. The number of nitrogens with two attached hydrogens (primary N) is 1. The lowest BCUT2D eigenvalue weighted by Crippen LogP contribution is -1.97. The molecule has 0 heterocycles. The summed E-state index contributed by atoms with van der Waals surface area (Å²) in [6, 6.07) is 3.84. The summed E-state index contributed by atoms with van der Waals surface area (Å²) >= 11 is 4.33. The second-order valence-electron chi connectivity index (χ2n) is 2.58. The van der Waals surface area contributed by atoms with E-state index in [9.17, 15) is 0 Å². The van der Waals surface area contributed by atoms with Gasteiger partial charge in [-0.25, -0.2) is 0 Å². The van der Waals surface area contributed by atoms with E-state index in [2.05, 4.69) is 30.9 Å². The van der Waals surface area contributed by atoms with E-state index in [1.807, 2.05) is 12.1 Å². The molecule has 0 bridgehead atoms. The van der Waals surface area contributed by atoms with Crippen LogP contribution in [0, 0.1) is 0 Å². The first-order chi connectivity index (χ1) is 6.24. The zero-order valence-electron chi connectivity index (χ0n) is 7.33. The van der Waals surface area contributed by atoms with Gasteiger partial charge >= 0.3 is 0 Å². The quantitative estimate of drug-likeness (QED) is 0.560. The van der Waals surface area contributed by atoms with Crippen molar-refractivity contribution in [3.05, 3.63) is 29.8 Å². The van der Waals surface area contributed by atoms with E-state index in [4.69, 9.17) is 5.73 Å². The third-order valence-electron chi connectivity index (χ3n) is 1.86. The Labute approximate surface area is 83.6 Å². The van der Waals surface area contributed by atoms with Gasteiger partial charge in [0.2, 0.25) is 0 Å². The summed E-state index contributed by atoms with van der Waals surface area (Å²) in [5.74, 6) is 0. The highest BCUT2D eigenvalue weighted by molar-refractivity contribution is 7.80. The van der Waals surface area contributed by atoms with Crippen LogP contribution in [0.25, 0.3) is 6.08 Å². The summed E-state index contributed by atoms with van der Waals surface area (Å²) in [5, 5.41) is 0. The van der Waals surface area contributed by atoms with E-state index in [0.29, 0.717) is 6.54 Å². The molecule has 2 nitrogen and oxygen atoms in total. The van der Waals surface area contributed by atoms with Crippen molar-refractivity contribution in [2.45, 2.75) is 11.4 Å². The van der Waals surface area contributed by atoms with Crippen molar-refractivity contribution in [2.24, 2.45) is 10.7 Å². The van der Waals surface area contributed by atoms with Crippen LogP contribution in [0.2, 0.25) is 0 Å². The number of benzene rings is 1. The lowest BCUT2D eigenvalue weighted by molar-refractivity contribution is 1.03. The van der Waals surface area contributed by atoms with Crippen molar-refractivity contribution in [2.75, 3.05) is 0 Å². The van der Waals surface area contributed by atoms with Crippen LogP contribution < -0.4 is 5.73 Å². The molecule has 0 aliphatic heterocycles. The zero-order chi connectivity index (χ0) is 9.84. The Kier molecular flexibility index (Phi) is 3.28. The summed E-state index contributed by atoms with van der Waals surface area (Å²) in [6.07, 6.45) is 1.73. The van der Waals surface area contributed by atoms with Gasteiger partial charge in [0.1, 0.15) is 0 Å². The average molecular weight is 192 g/mol. The minimum absolute atomic E-state index is 0.457. The molecule has 0 aliphatic carbocycles. The Hall–Kier alpha value is -1.06. The van der Waals surface area contributed by atoms with Crippen molar-refractivity contribution in [3.8, 4) is 0 Å². The van der Waals surface area contributed by atoms with Gasteiger partial charge in [0.05, 0.1) is 5.69 Å². The number of thiol groups is 1. The highest BCUT2D eigenvalue weighted by atomic mass is 32.1. The number of nitrogens with zero attached hydrogens (tertiary/aromatic N) is 1. The van der Waals surface area contributed by atoms with Crippen LogP contribution in [0.15, 0.2) is 28.6 Å². The number of rotatable bonds is 3. The van der Waals surface area contributed by atoms with E-state index in [-0.39, 0.29) is 0 Å². The Bertz CT molecular complexity index is 345. The fourth-order valence-corrected chi connectivity index (χ4v) is 1.50. The number of hydrogen-bond donors (Lipinski definition) is 2. The summed E-state index contributed by atoms with van der Waals surface area (Å²) < 4.78 is 0. The lowest BCUT2D eigenvalue weighted by atomic mass is 10.1. The van der Waals surface area contributed by atoms with Crippen molar-refractivity contribution in [3.63, 3.8) is 0 Å². The molecular weight excluding hydrogens is 180 g/mol. The normalized spacial score (nSPS) is 9.69. The van der Waals surface area contributed by atoms with Gasteiger partial charge < -0.3 is 5.73 Å². The standard InChI is InChI=1S/C10H12N2S/c1-3-7-4-5-8(6-11)10(13)9(7)12-2/h3-5,13H,1-2,6,11H2. The molecule has 0 amide bonds. The third-order valence-corrected chi connectivity index (χ3v) is 2.36. The van der Waals surface area contributed by atoms with E-state index in [1.165, 1.54) is 0 Å². The predicted molar refractivity (Wildman–Crippen MR) is 60.9 cm³/mol. The second-order valence-corrected chi connectivity index (χ2v) is 3.02. The first-order valence-electron chi connectivity index (χ1n) is 3.88. The molecule has 68 valence electrons. The van der Waals surface area contributed by atoms with Gasteiger partial charge in [-0.2, -0.15) is 0 Å². The molecule has 1 rings (SSSR count). The Balaban J connectivity index is 3.39. The molecule has 0 fully saturated rings. The molecule has 0 radical (unpaired) electrons. The molecule has 0 atom stereocenters. The van der Waals surface area contributed by atoms with Gasteiger partial charge in [-0.05, 0) is 12.3 Å². The van der Waals surface area contributed by atoms with E-state index < -0.39 is 0 Å². The van der Waals surface area contributed by atoms with Gasteiger partial charge in [0.15, 0.2) is 0 Å². The smallest absolute Gasteiger partial charge is 0.0830 e. The van der Waals surface area contributed by atoms with Gasteiger partial charge in [-0.1, -0.05) is 24.8 Å². The topological polar surface area (TPSA) is 38.4 Å². The molecule has 1 aromatic rings. The molecule has 2 N–H and O–H groups in total. The van der Waals surface area contributed by atoms with Crippen LogP contribution in [0.3, 0.4) is 0 Å². The first kappa shape index (κ1) is 10.0. The molecule has 0 unspecified atom stereocenters. The summed E-state index contributed by atoms with van der Waals surface area (Å²) in [5.41, 5.74) is 8.18. The minimum atomic E-state index is 0.457. The van der Waals surface area contributed by atoms with Gasteiger partial charge in [0.25, 0.3) is 0 Å². The maximum absolute atomic E-state index is 5.53. The molecule has 1 aromatic carbocycles. The monoisotopic (exact) mass is 192 g/mol. The van der Waals surface area contributed by atoms with Crippen LogP contribution >= 0.6 is 12.6 Å². The fraction of sp³-hybridized carbons (Fsp3) is 0.100. The maximum atomic E-state index is 5.53. The Morgan fingerprint density at radius 1 is 1.54 bits per heavy atom. The number of aliphatic imine (C=N–C) groups is 1. The minimum Gasteiger partial charge on any atom is -0.326 e. The Morgan fingerprint density at radius 2 is 2.23 bits per heavy atom. The molecular formula is C10H12N2S. The van der Waals surface area contributed by atoms with E-state index >= 15 is 0 Å². The second kappa shape index (κ2) is 4.25. The van der Waals surface area contributed by atoms with E-state index in [1.54, 1.807) is 6.08 Å². The third kappa shape index (κ3) is 1.82. The van der Waals surface area contributed by atoms with Crippen LogP contribution in [-0.4, -0.2) is 6.72 Å². The maximum Gasteiger partial charge on any atom is 0.0830 e. The lowest BCUT2D eigenvalue weighted by Gasteiger charge is -2.07. The largest absolute Gasteiger partial charge is 0.326 e. The average Bonchev–Trinajstić information content (AvgIpc) is 2.17. The predicted octanol–water partition coefficient (Wildman–Crippen LogP) is 2.41. The van der Waals surface area contributed by atoms with Gasteiger partial charge in [-0.15, -0.1) is 12.6 Å². The summed E-state index contributed by atoms with van der Waals surface area (Å²) in [7, 11) is 0. The fourth-order valence-electron chi connectivity index (χ4n) is 1.13. The summed E-state index contributed by atoms with van der Waals surface area (Å²) in [6.45, 7) is 7.63. The van der Waals surface area contributed by atoms with Crippen molar-refractivity contribution in [1.82, 2.24) is 0 Å². The van der Waals surface area contributed by atoms with Gasteiger partial charge in [0, 0.05) is 17.0 Å². The summed E-state index contributed by atoms with van der Waals surface area (Å²) in [4.78, 5) is 4.68. The van der Waals surface area contributed by atoms with Crippen LogP contribution in [0.1, 0.15) is 11.1 Å².